The van der Waals surface area contributed by atoms with Crippen LogP contribution in [0.3, 0.4) is 0 Å². The Hall–Kier alpha value is -0.590. The molecule has 0 amide bonds. The zero-order chi connectivity index (χ0) is 10.8. The van der Waals surface area contributed by atoms with E-state index >= 15 is 0 Å². The average molecular weight is 209 g/mol. The van der Waals surface area contributed by atoms with E-state index in [1.54, 1.807) is 0 Å². The van der Waals surface area contributed by atoms with E-state index in [4.69, 9.17) is 5.26 Å². The van der Waals surface area contributed by atoms with Gasteiger partial charge in [-0.2, -0.15) is 5.26 Å². The Morgan fingerprint density at radius 3 is 2.60 bits per heavy atom. The minimum atomic E-state index is 0.621. The lowest BCUT2D eigenvalue weighted by Gasteiger charge is -2.22. The predicted molar refractivity (Wildman–Crippen MR) is 62.6 cm³/mol. The van der Waals surface area contributed by atoms with E-state index in [0.29, 0.717) is 6.42 Å². The van der Waals surface area contributed by atoms with Gasteiger partial charge in [-0.1, -0.05) is 19.3 Å². The maximum absolute atomic E-state index is 8.34. The number of nitriles is 1. The van der Waals surface area contributed by atoms with E-state index in [1.165, 1.54) is 38.5 Å². The minimum Gasteiger partial charge on any atom is -0.316 e. The summed E-state index contributed by atoms with van der Waals surface area (Å²) in [7, 11) is 0. The van der Waals surface area contributed by atoms with Crippen LogP contribution < -0.4 is 10.6 Å². The van der Waals surface area contributed by atoms with Crippen LogP contribution in [0.15, 0.2) is 0 Å². The van der Waals surface area contributed by atoms with Gasteiger partial charge in [-0.05, 0) is 32.4 Å². The van der Waals surface area contributed by atoms with E-state index in [0.717, 1.165) is 25.7 Å². The molecule has 86 valence electrons. The van der Waals surface area contributed by atoms with Crippen LogP contribution in [0.2, 0.25) is 0 Å². The smallest absolute Gasteiger partial charge is 0.0635 e. The van der Waals surface area contributed by atoms with Gasteiger partial charge < -0.3 is 10.6 Å². The summed E-state index contributed by atoms with van der Waals surface area (Å²) in [6.45, 7) is 2.98. The molecule has 1 aliphatic rings. The molecule has 1 saturated carbocycles. The van der Waals surface area contributed by atoms with E-state index in [9.17, 15) is 0 Å². The van der Waals surface area contributed by atoms with Crippen LogP contribution in [0.1, 0.15) is 44.9 Å². The van der Waals surface area contributed by atoms with Crippen molar-refractivity contribution in [1.82, 2.24) is 10.6 Å². The van der Waals surface area contributed by atoms with Crippen molar-refractivity contribution >= 4 is 0 Å². The van der Waals surface area contributed by atoms with Crippen molar-refractivity contribution in [3.63, 3.8) is 0 Å². The predicted octanol–water partition coefficient (Wildman–Crippen LogP) is 1.80. The van der Waals surface area contributed by atoms with Crippen molar-refractivity contribution in [2.24, 2.45) is 0 Å². The lowest BCUT2D eigenvalue weighted by Crippen LogP contribution is -2.33. The van der Waals surface area contributed by atoms with Crippen LogP contribution in [0.25, 0.3) is 0 Å². The zero-order valence-electron chi connectivity index (χ0n) is 9.60. The first-order valence-electron chi connectivity index (χ1n) is 6.24. The largest absolute Gasteiger partial charge is 0.316 e. The number of rotatable bonds is 7. The molecule has 0 aromatic carbocycles. The summed E-state index contributed by atoms with van der Waals surface area (Å²) < 4.78 is 0. The molecule has 0 radical (unpaired) electrons. The highest BCUT2D eigenvalue weighted by Gasteiger charge is 2.11. The molecule has 2 N–H and O–H groups in total. The zero-order valence-corrected chi connectivity index (χ0v) is 9.60. The monoisotopic (exact) mass is 209 g/mol. The standard InChI is InChI=1S/C12H23N3/c13-8-4-9-14-10-5-11-15-12-6-2-1-3-7-12/h12,14-15H,1-7,9-11H2. The second-order valence-corrected chi connectivity index (χ2v) is 4.30. The Bertz CT molecular complexity index is 180. The van der Waals surface area contributed by atoms with Crippen molar-refractivity contribution in [3.8, 4) is 6.07 Å². The number of hydrogen-bond donors (Lipinski definition) is 2. The van der Waals surface area contributed by atoms with Gasteiger partial charge in [-0.25, -0.2) is 0 Å². The molecule has 3 nitrogen and oxygen atoms in total. The van der Waals surface area contributed by atoms with Gasteiger partial charge in [-0.15, -0.1) is 0 Å². The summed E-state index contributed by atoms with van der Waals surface area (Å²) in [5.41, 5.74) is 0. The second-order valence-electron chi connectivity index (χ2n) is 4.30. The minimum absolute atomic E-state index is 0.621. The maximum atomic E-state index is 8.34. The van der Waals surface area contributed by atoms with Gasteiger partial charge in [-0.3, -0.25) is 0 Å². The van der Waals surface area contributed by atoms with Crippen LogP contribution >= 0.6 is 0 Å². The molecule has 0 aliphatic heterocycles. The van der Waals surface area contributed by atoms with Crippen molar-refractivity contribution in [2.45, 2.75) is 51.0 Å². The third-order valence-electron chi connectivity index (χ3n) is 2.98. The van der Waals surface area contributed by atoms with E-state index in [2.05, 4.69) is 16.7 Å². The lowest BCUT2D eigenvalue weighted by molar-refractivity contribution is 0.371. The molecular weight excluding hydrogens is 186 g/mol. The summed E-state index contributed by atoms with van der Waals surface area (Å²) in [6.07, 6.45) is 8.74. The van der Waals surface area contributed by atoms with Gasteiger partial charge in [0.25, 0.3) is 0 Å². The van der Waals surface area contributed by atoms with E-state index in [-0.39, 0.29) is 0 Å². The van der Waals surface area contributed by atoms with Gasteiger partial charge in [0.15, 0.2) is 0 Å². The number of nitrogens with one attached hydrogen (secondary N) is 2. The highest BCUT2D eigenvalue weighted by atomic mass is 14.9. The third kappa shape index (κ3) is 6.48. The molecule has 0 aromatic heterocycles. The lowest BCUT2D eigenvalue weighted by atomic mass is 9.95. The Morgan fingerprint density at radius 2 is 1.87 bits per heavy atom. The molecule has 0 heterocycles. The summed E-state index contributed by atoms with van der Waals surface area (Å²) in [6, 6.07) is 2.91. The molecule has 1 fully saturated rings. The Balaban J connectivity index is 1.82. The molecule has 0 bridgehead atoms. The van der Waals surface area contributed by atoms with Crippen LogP contribution in [-0.4, -0.2) is 25.7 Å². The first-order valence-corrected chi connectivity index (χ1v) is 6.24. The van der Waals surface area contributed by atoms with Crippen molar-refractivity contribution in [1.29, 1.82) is 5.26 Å². The first kappa shape index (κ1) is 12.5. The highest BCUT2D eigenvalue weighted by molar-refractivity contribution is 4.72. The summed E-state index contributed by atoms with van der Waals surface area (Å²) in [5.74, 6) is 0. The van der Waals surface area contributed by atoms with Gasteiger partial charge in [0.2, 0.25) is 0 Å². The topological polar surface area (TPSA) is 47.9 Å². The SMILES string of the molecule is N#CCCNCCCNC1CCCCC1. The fraction of sp³-hybridized carbons (Fsp3) is 0.917. The number of hydrogen-bond acceptors (Lipinski definition) is 3. The maximum Gasteiger partial charge on any atom is 0.0635 e. The van der Waals surface area contributed by atoms with Crippen LogP contribution in [-0.2, 0) is 0 Å². The van der Waals surface area contributed by atoms with E-state index < -0.39 is 0 Å². The fourth-order valence-corrected chi connectivity index (χ4v) is 2.10. The van der Waals surface area contributed by atoms with Crippen molar-refractivity contribution in [3.05, 3.63) is 0 Å². The van der Waals surface area contributed by atoms with Crippen LogP contribution in [0.4, 0.5) is 0 Å². The molecule has 0 saturated heterocycles. The molecular formula is C12H23N3. The average Bonchev–Trinajstić information content (AvgIpc) is 2.29. The van der Waals surface area contributed by atoms with Crippen molar-refractivity contribution in [2.75, 3.05) is 19.6 Å². The molecule has 0 atom stereocenters. The van der Waals surface area contributed by atoms with Gasteiger partial charge in [0, 0.05) is 19.0 Å². The Kier molecular flexibility index (Phi) is 7.24. The second kappa shape index (κ2) is 8.70. The highest BCUT2D eigenvalue weighted by Crippen LogP contribution is 2.16. The Morgan fingerprint density at radius 1 is 1.07 bits per heavy atom. The normalized spacial score (nSPS) is 17.5. The van der Waals surface area contributed by atoms with Gasteiger partial charge >= 0.3 is 0 Å². The molecule has 1 rings (SSSR count). The first-order chi connectivity index (χ1) is 7.43. The van der Waals surface area contributed by atoms with E-state index in [1.807, 2.05) is 0 Å². The molecule has 0 aromatic rings. The molecule has 0 unspecified atom stereocenters. The molecule has 0 spiro atoms. The summed E-state index contributed by atoms with van der Waals surface area (Å²) in [5, 5.41) is 15.2. The van der Waals surface area contributed by atoms with Gasteiger partial charge in [0.05, 0.1) is 6.07 Å². The summed E-state index contributed by atoms with van der Waals surface area (Å²) >= 11 is 0. The molecule has 15 heavy (non-hydrogen) atoms. The fourth-order valence-electron chi connectivity index (χ4n) is 2.10. The quantitative estimate of drug-likeness (QED) is 0.629. The summed E-state index contributed by atoms with van der Waals surface area (Å²) in [4.78, 5) is 0. The van der Waals surface area contributed by atoms with Crippen molar-refractivity contribution < 1.29 is 0 Å². The number of nitrogens with zero attached hydrogens (tertiary/aromatic N) is 1. The van der Waals surface area contributed by atoms with Crippen LogP contribution in [0, 0.1) is 11.3 Å². The van der Waals surface area contributed by atoms with Crippen LogP contribution in [0.5, 0.6) is 0 Å². The molecule has 1 aliphatic carbocycles. The molecule has 3 heteroatoms. The Labute approximate surface area is 93.2 Å². The van der Waals surface area contributed by atoms with Gasteiger partial charge in [0.1, 0.15) is 0 Å². The third-order valence-corrected chi connectivity index (χ3v) is 2.98.